The molecule has 5 heteroatoms. The van der Waals surface area contributed by atoms with E-state index in [2.05, 4.69) is 36.0 Å². The number of rotatable bonds is 7. The Labute approximate surface area is 131 Å². The molecule has 0 bridgehead atoms. The topological polar surface area (TPSA) is 55.0 Å². The van der Waals surface area contributed by atoms with Crippen molar-refractivity contribution >= 4 is 11.3 Å². The summed E-state index contributed by atoms with van der Waals surface area (Å²) in [4.78, 5) is 11.5. The van der Waals surface area contributed by atoms with Gasteiger partial charge in [-0.3, -0.25) is 9.88 Å². The Morgan fingerprint density at radius 2 is 2.14 bits per heavy atom. The van der Waals surface area contributed by atoms with Crippen LogP contribution in [0.1, 0.15) is 26.5 Å². The Bertz CT molecular complexity index is 550. The highest BCUT2D eigenvalue weighted by atomic mass is 32.1. The standard InChI is InChI=1S/C16H24N4S/c1-4-20(12-16(2,3)11-17)9-13-10-21-15(19-13)14-7-5-6-8-18-14/h5-8,10H,4,9,11-12,17H2,1-3H3. The first kappa shape index (κ1) is 16.1. The molecule has 2 N–H and O–H groups in total. The minimum atomic E-state index is 0.135. The average Bonchev–Trinajstić information content (AvgIpc) is 2.96. The summed E-state index contributed by atoms with van der Waals surface area (Å²) < 4.78 is 0. The maximum atomic E-state index is 5.83. The van der Waals surface area contributed by atoms with E-state index in [1.807, 2.05) is 18.2 Å². The van der Waals surface area contributed by atoms with Crippen LogP contribution in [0.3, 0.4) is 0 Å². The van der Waals surface area contributed by atoms with Crippen molar-refractivity contribution in [1.82, 2.24) is 14.9 Å². The molecule has 0 radical (unpaired) electrons. The summed E-state index contributed by atoms with van der Waals surface area (Å²) in [6.07, 6.45) is 1.80. The number of nitrogens with zero attached hydrogens (tertiary/aromatic N) is 3. The maximum absolute atomic E-state index is 5.83. The number of pyridine rings is 1. The predicted molar refractivity (Wildman–Crippen MR) is 89.1 cm³/mol. The lowest BCUT2D eigenvalue weighted by Gasteiger charge is -2.30. The third-order valence-corrected chi connectivity index (χ3v) is 4.39. The van der Waals surface area contributed by atoms with Crippen molar-refractivity contribution < 1.29 is 0 Å². The molecule has 0 unspecified atom stereocenters. The van der Waals surface area contributed by atoms with Gasteiger partial charge in [0.15, 0.2) is 0 Å². The number of thiazole rings is 1. The summed E-state index contributed by atoms with van der Waals surface area (Å²) in [5.41, 5.74) is 8.02. The van der Waals surface area contributed by atoms with Gasteiger partial charge >= 0.3 is 0 Å². The molecule has 0 atom stereocenters. The highest BCUT2D eigenvalue weighted by Gasteiger charge is 2.20. The molecule has 2 heterocycles. The predicted octanol–water partition coefficient (Wildman–Crippen LogP) is 3.01. The number of aromatic nitrogens is 2. The monoisotopic (exact) mass is 304 g/mol. The molecule has 0 amide bonds. The summed E-state index contributed by atoms with van der Waals surface area (Å²) in [6.45, 7) is 10.1. The summed E-state index contributed by atoms with van der Waals surface area (Å²) in [6, 6.07) is 5.91. The van der Waals surface area contributed by atoms with E-state index in [-0.39, 0.29) is 5.41 Å². The van der Waals surface area contributed by atoms with Crippen molar-refractivity contribution in [2.75, 3.05) is 19.6 Å². The van der Waals surface area contributed by atoms with Crippen LogP contribution in [0.25, 0.3) is 10.7 Å². The largest absolute Gasteiger partial charge is 0.330 e. The summed E-state index contributed by atoms with van der Waals surface area (Å²) in [7, 11) is 0. The minimum Gasteiger partial charge on any atom is -0.330 e. The highest BCUT2D eigenvalue weighted by molar-refractivity contribution is 7.13. The number of hydrogen-bond donors (Lipinski definition) is 1. The van der Waals surface area contributed by atoms with Crippen LogP contribution < -0.4 is 5.73 Å². The minimum absolute atomic E-state index is 0.135. The summed E-state index contributed by atoms with van der Waals surface area (Å²) >= 11 is 1.65. The van der Waals surface area contributed by atoms with Gasteiger partial charge in [0.1, 0.15) is 5.01 Å². The molecule has 0 spiro atoms. The fourth-order valence-electron chi connectivity index (χ4n) is 2.16. The van der Waals surface area contributed by atoms with Crippen molar-refractivity contribution in [3.8, 4) is 10.7 Å². The van der Waals surface area contributed by atoms with Gasteiger partial charge in [0.2, 0.25) is 0 Å². The molecule has 0 aliphatic heterocycles. The molecule has 0 saturated carbocycles. The van der Waals surface area contributed by atoms with E-state index in [1.54, 1.807) is 17.5 Å². The lowest BCUT2D eigenvalue weighted by molar-refractivity contribution is 0.182. The van der Waals surface area contributed by atoms with Gasteiger partial charge in [0.25, 0.3) is 0 Å². The normalized spacial score (nSPS) is 12.0. The van der Waals surface area contributed by atoms with E-state index >= 15 is 0 Å². The van der Waals surface area contributed by atoms with Crippen LogP contribution in [-0.4, -0.2) is 34.5 Å². The molecule has 0 saturated heterocycles. The molecule has 21 heavy (non-hydrogen) atoms. The van der Waals surface area contributed by atoms with Crippen molar-refractivity contribution in [3.63, 3.8) is 0 Å². The van der Waals surface area contributed by atoms with Crippen molar-refractivity contribution in [3.05, 3.63) is 35.5 Å². The molecule has 0 aliphatic rings. The number of hydrogen-bond acceptors (Lipinski definition) is 5. The van der Waals surface area contributed by atoms with E-state index < -0.39 is 0 Å². The molecule has 2 aromatic rings. The highest BCUT2D eigenvalue weighted by Crippen LogP contribution is 2.23. The molecular formula is C16H24N4S. The molecular weight excluding hydrogens is 280 g/mol. The number of nitrogens with two attached hydrogens (primary N) is 1. The lowest BCUT2D eigenvalue weighted by atomic mass is 9.93. The van der Waals surface area contributed by atoms with Gasteiger partial charge in [-0.15, -0.1) is 11.3 Å². The van der Waals surface area contributed by atoms with Crippen LogP contribution in [0.5, 0.6) is 0 Å². The first-order valence-corrected chi connectivity index (χ1v) is 8.20. The van der Waals surface area contributed by atoms with Gasteiger partial charge in [-0.25, -0.2) is 4.98 Å². The Kier molecular flexibility index (Phi) is 5.45. The average molecular weight is 304 g/mol. The quantitative estimate of drug-likeness (QED) is 0.854. The first-order chi connectivity index (χ1) is 10.0. The third-order valence-electron chi connectivity index (χ3n) is 3.47. The molecule has 0 aromatic carbocycles. The van der Waals surface area contributed by atoms with Crippen LogP contribution in [0.15, 0.2) is 29.8 Å². The maximum Gasteiger partial charge on any atom is 0.142 e. The van der Waals surface area contributed by atoms with Crippen LogP contribution in [0.2, 0.25) is 0 Å². The molecule has 114 valence electrons. The Morgan fingerprint density at radius 1 is 1.33 bits per heavy atom. The van der Waals surface area contributed by atoms with Gasteiger partial charge in [-0.05, 0) is 30.6 Å². The van der Waals surface area contributed by atoms with Gasteiger partial charge in [-0.2, -0.15) is 0 Å². The summed E-state index contributed by atoms with van der Waals surface area (Å²) in [5.74, 6) is 0. The van der Waals surface area contributed by atoms with E-state index in [0.29, 0.717) is 6.54 Å². The Hall–Kier alpha value is -1.30. The van der Waals surface area contributed by atoms with Crippen LogP contribution in [0.4, 0.5) is 0 Å². The summed E-state index contributed by atoms with van der Waals surface area (Å²) in [5, 5.41) is 3.11. The van der Waals surface area contributed by atoms with E-state index in [9.17, 15) is 0 Å². The first-order valence-electron chi connectivity index (χ1n) is 7.32. The molecule has 2 rings (SSSR count). The second kappa shape index (κ2) is 7.11. The van der Waals surface area contributed by atoms with Crippen molar-refractivity contribution in [2.45, 2.75) is 27.3 Å². The van der Waals surface area contributed by atoms with Crippen LogP contribution in [0, 0.1) is 5.41 Å². The third kappa shape index (κ3) is 4.59. The van der Waals surface area contributed by atoms with Crippen molar-refractivity contribution in [2.24, 2.45) is 11.1 Å². The van der Waals surface area contributed by atoms with Gasteiger partial charge < -0.3 is 5.73 Å². The zero-order chi connectivity index (χ0) is 15.3. The lowest BCUT2D eigenvalue weighted by Crippen LogP contribution is -2.38. The SMILES string of the molecule is CCN(Cc1csc(-c2ccccn2)n1)CC(C)(C)CN. The molecule has 0 fully saturated rings. The Morgan fingerprint density at radius 3 is 2.76 bits per heavy atom. The van der Waals surface area contributed by atoms with E-state index in [1.165, 1.54) is 0 Å². The van der Waals surface area contributed by atoms with Gasteiger partial charge in [0.05, 0.1) is 11.4 Å². The molecule has 4 nitrogen and oxygen atoms in total. The fourth-order valence-corrected chi connectivity index (χ4v) is 2.95. The molecule has 2 aromatic heterocycles. The van der Waals surface area contributed by atoms with Gasteiger partial charge in [0, 0.05) is 24.7 Å². The Balaban J connectivity index is 2.04. The van der Waals surface area contributed by atoms with Crippen LogP contribution in [-0.2, 0) is 6.54 Å². The van der Waals surface area contributed by atoms with Crippen molar-refractivity contribution in [1.29, 1.82) is 0 Å². The van der Waals surface area contributed by atoms with Gasteiger partial charge in [-0.1, -0.05) is 26.8 Å². The zero-order valence-corrected chi connectivity index (χ0v) is 13.9. The van der Waals surface area contributed by atoms with Crippen LogP contribution >= 0.6 is 11.3 Å². The van der Waals surface area contributed by atoms with E-state index in [4.69, 9.17) is 10.7 Å². The second-order valence-corrected chi connectivity index (χ2v) is 6.89. The smallest absolute Gasteiger partial charge is 0.142 e. The zero-order valence-electron chi connectivity index (χ0n) is 13.0. The molecule has 0 aliphatic carbocycles. The second-order valence-electron chi connectivity index (χ2n) is 6.03. The van der Waals surface area contributed by atoms with E-state index in [0.717, 1.165) is 36.0 Å². The fraction of sp³-hybridized carbons (Fsp3) is 0.500.